The van der Waals surface area contributed by atoms with Gasteiger partial charge in [-0.1, -0.05) is 12.1 Å². The van der Waals surface area contributed by atoms with E-state index in [0.29, 0.717) is 12.1 Å². The van der Waals surface area contributed by atoms with Crippen LogP contribution in [0.4, 0.5) is 5.82 Å². The normalized spacial score (nSPS) is 10.4. The van der Waals surface area contributed by atoms with Crippen molar-refractivity contribution >= 4 is 12.1 Å². The number of ether oxygens (including phenoxy) is 1. The molecular weight excluding hydrogens is 254 g/mol. The summed E-state index contributed by atoms with van der Waals surface area (Å²) >= 11 is 0. The van der Waals surface area contributed by atoms with E-state index in [2.05, 4.69) is 5.10 Å². The predicted molar refractivity (Wildman–Crippen MR) is 78.4 cm³/mol. The van der Waals surface area contributed by atoms with Crippen LogP contribution in [0.5, 0.6) is 5.75 Å². The first-order chi connectivity index (χ1) is 9.56. The Hall–Kier alpha value is -2.30. The van der Waals surface area contributed by atoms with Gasteiger partial charge in [0, 0.05) is 20.6 Å². The maximum Gasteiger partial charge on any atom is 0.155 e. The Morgan fingerprint density at radius 3 is 2.85 bits per heavy atom. The third kappa shape index (κ3) is 2.66. The third-order valence-corrected chi connectivity index (χ3v) is 3.27. The maximum atomic E-state index is 11.2. The second kappa shape index (κ2) is 5.77. The van der Waals surface area contributed by atoms with Crippen LogP contribution in [0.1, 0.15) is 21.6 Å². The highest BCUT2D eigenvalue weighted by atomic mass is 16.5. The SMILES string of the molecule is COc1cccc(CN(C)c2c(C=O)c(C)nn2C)c1. The summed E-state index contributed by atoms with van der Waals surface area (Å²) in [4.78, 5) is 13.2. The average molecular weight is 273 g/mol. The van der Waals surface area contributed by atoms with E-state index in [1.807, 2.05) is 50.2 Å². The molecule has 20 heavy (non-hydrogen) atoms. The Morgan fingerprint density at radius 1 is 1.45 bits per heavy atom. The lowest BCUT2D eigenvalue weighted by atomic mass is 10.2. The molecule has 1 heterocycles. The monoisotopic (exact) mass is 273 g/mol. The number of rotatable bonds is 5. The zero-order valence-corrected chi connectivity index (χ0v) is 12.3. The fourth-order valence-electron chi connectivity index (χ4n) is 2.37. The standard InChI is InChI=1S/C15H19N3O2/c1-11-14(10-19)15(18(3)16-11)17(2)9-12-6-5-7-13(8-12)20-4/h5-8,10H,9H2,1-4H3. The number of carbonyl (C=O) groups excluding carboxylic acids is 1. The fraction of sp³-hybridized carbons (Fsp3) is 0.333. The van der Waals surface area contributed by atoms with Crippen molar-refractivity contribution in [1.82, 2.24) is 9.78 Å². The van der Waals surface area contributed by atoms with E-state index in [-0.39, 0.29) is 0 Å². The molecule has 0 amide bonds. The van der Waals surface area contributed by atoms with Gasteiger partial charge >= 0.3 is 0 Å². The van der Waals surface area contributed by atoms with Crippen LogP contribution in [0.3, 0.4) is 0 Å². The first-order valence-electron chi connectivity index (χ1n) is 6.39. The highest BCUT2D eigenvalue weighted by Crippen LogP contribution is 2.23. The van der Waals surface area contributed by atoms with Gasteiger partial charge in [-0.15, -0.1) is 0 Å². The number of aromatic nitrogens is 2. The van der Waals surface area contributed by atoms with E-state index in [1.165, 1.54) is 0 Å². The van der Waals surface area contributed by atoms with E-state index >= 15 is 0 Å². The molecule has 1 aromatic carbocycles. The number of hydrogen-bond donors (Lipinski definition) is 0. The smallest absolute Gasteiger partial charge is 0.155 e. The first kappa shape index (κ1) is 14.1. The van der Waals surface area contributed by atoms with Crippen LogP contribution in [0, 0.1) is 6.92 Å². The van der Waals surface area contributed by atoms with Crippen molar-refractivity contribution in [2.75, 3.05) is 19.1 Å². The zero-order valence-electron chi connectivity index (χ0n) is 12.3. The van der Waals surface area contributed by atoms with Crippen LogP contribution in [-0.2, 0) is 13.6 Å². The lowest BCUT2D eigenvalue weighted by molar-refractivity contribution is 0.112. The van der Waals surface area contributed by atoms with Gasteiger partial charge in [0.15, 0.2) is 6.29 Å². The zero-order chi connectivity index (χ0) is 14.7. The van der Waals surface area contributed by atoms with E-state index < -0.39 is 0 Å². The molecule has 0 atom stereocenters. The molecule has 0 spiro atoms. The average Bonchev–Trinajstić information content (AvgIpc) is 2.72. The highest BCUT2D eigenvalue weighted by molar-refractivity contribution is 5.84. The second-order valence-electron chi connectivity index (χ2n) is 4.77. The Bertz CT molecular complexity index is 620. The number of carbonyl (C=O) groups is 1. The molecule has 2 aromatic rings. The molecule has 0 bridgehead atoms. The van der Waals surface area contributed by atoms with Crippen molar-refractivity contribution in [3.05, 3.63) is 41.1 Å². The summed E-state index contributed by atoms with van der Waals surface area (Å²) in [6.07, 6.45) is 0.861. The molecular formula is C15H19N3O2. The number of aldehydes is 1. The Morgan fingerprint density at radius 2 is 2.20 bits per heavy atom. The number of nitrogens with zero attached hydrogens (tertiary/aromatic N) is 3. The second-order valence-corrected chi connectivity index (χ2v) is 4.77. The number of hydrogen-bond acceptors (Lipinski definition) is 4. The van der Waals surface area contributed by atoms with Gasteiger partial charge in [0.05, 0.1) is 18.4 Å². The molecule has 0 aliphatic carbocycles. The molecule has 0 radical (unpaired) electrons. The lowest BCUT2D eigenvalue weighted by Gasteiger charge is -2.20. The molecule has 0 aliphatic heterocycles. The Kier molecular flexibility index (Phi) is 4.08. The summed E-state index contributed by atoms with van der Waals surface area (Å²) in [5.74, 6) is 1.65. The molecule has 2 rings (SSSR count). The number of methoxy groups -OCH3 is 1. The van der Waals surface area contributed by atoms with Crippen LogP contribution < -0.4 is 9.64 Å². The quantitative estimate of drug-likeness (QED) is 0.783. The number of aryl methyl sites for hydroxylation is 2. The van der Waals surface area contributed by atoms with Crippen LogP contribution in [0.2, 0.25) is 0 Å². The summed E-state index contributed by atoms with van der Waals surface area (Å²) in [5.41, 5.74) is 2.50. The van der Waals surface area contributed by atoms with E-state index in [4.69, 9.17) is 4.74 Å². The largest absolute Gasteiger partial charge is 0.497 e. The minimum Gasteiger partial charge on any atom is -0.497 e. The van der Waals surface area contributed by atoms with Crippen LogP contribution in [-0.4, -0.2) is 30.2 Å². The van der Waals surface area contributed by atoms with Crippen molar-refractivity contribution in [3.8, 4) is 5.75 Å². The predicted octanol–water partition coefficient (Wildman–Crippen LogP) is 2.19. The van der Waals surface area contributed by atoms with Crippen molar-refractivity contribution in [2.45, 2.75) is 13.5 Å². The molecule has 0 saturated carbocycles. The number of anilines is 1. The molecule has 5 nitrogen and oxygen atoms in total. The van der Waals surface area contributed by atoms with Crippen molar-refractivity contribution in [2.24, 2.45) is 7.05 Å². The van der Waals surface area contributed by atoms with Gasteiger partial charge in [0.25, 0.3) is 0 Å². The van der Waals surface area contributed by atoms with Crippen LogP contribution in [0.15, 0.2) is 24.3 Å². The summed E-state index contributed by atoms with van der Waals surface area (Å²) in [7, 11) is 5.44. The van der Waals surface area contributed by atoms with Gasteiger partial charge < -0.3 is 9.64 Å². The molecule has 0 N–H and O–H groups in total. The lowest BCUT2D eigenvalue weighted by Crippen LogP contribution is -2.20. The molecule has 0 aliphatic rings. The molecule has 106 valence electrons. The van der Waals surface area contributed by atoms with Crippen molar-refractivity contribution in [3.63, 3.8) is 0 Å². The fourth-order valence-corrected chi connectivity index (χ4v) is 2.37. The summed E-state index contributed by atoms with van der Waals surface area (Å²) in [6.45, 7) is 2.52. The van der Waals surface area contributed by atoms with Gasteiger partial charge in [-0.3, -0.25) is 9.48 Å². The molecule has 5 heteroatoms. The molecule has 0 fully saturated rings. The molecule has 0 unspecified atom stereocenters. The van der Waals surface area contributed by atoms with Gasteiger partial charge in [0.2, 0.25) is 0 Å². The van der Waals surface area contributed by atoms with E-state index in [1.54, 1.807) is 11.8 Å². The Balaban J connectivity index is 2.28. The van der Waals surface area contributed by atoms with E-state index in [0.717, 1.165) is 29.1 Å². The first-order valence-corrected chi connectivity index (χ1v) is 6.39. The summed E-state index contributed by atoms with van der Waals surface area (Å²) < 4.78 is 6.96. The molecule has 1 aromatic heterocycles. The Labute approximate surface area is 118 Å². The number of benzene rings is 1. The van der Waals surface area contributed by atoms with Crippen LogP contribution in [0.25, 0.3) is 0 Å². The van der Waals surface area contributed by atoms with Gasteiger partial charge in [0.1, 0.15) is 11.6 Å². The van der Waals surface area contributed by atoms with Crippen LogP contribution >= 0.6 is 0 Å². The topological polar surface area (TPSA) is 47.4 Å². The maximum absolute atomic E-state index is 11.2. The van der Waals surface area contributed by atoms with Gasteiger partial charge in [-0.25, -0.2) is 0 Å². The minimum absolute atomic E-state index is 0.637. The van der Waals surface area contributed by atoms with Gasteiger partial charge in [-0.05, 0) is 24.6 Å². The molecule has 0 saturated heterocycles. The third-order valence-electron chi connectivity index (χ3n) is 3.27. The summed E-state index contributed by atoms with van der Waals surface area (Å²) in [6, 6.07) is 7.88. The van der Waals surface area contributed by atoms with Gasteiger partial charge in [-0.2, -0.15) is 5.10 Å². The van der Waals surface area contributed by atoms with Crippen molar-refractivity contribution < 1.29 is 9.53 Å². The van der Waals surface area contributed by atoms with Crippen molar-refractivity contribution in [1.29, 1.82) is 0 Å². The minimum atomic E-state index is 0.637. The highest BCUT2D eigenvalue weighted by Gasteiger charge is 2.16. The van der Waals surface area contributed by atoms with E-state index in [9.17, 15) is 4.79 Å². The summed E-state index contributed by atoms with van der Waals surface area (Å²) in [5, 5.41) is 4.30.